The minimum Gasteiger partial charge on any atom is -0.207 e. The summed E-state index contributed by atoms with van der Waals surface area (Å²) < 4.78 is 54.3. The van der Waals surface area contributed by atoms with Gasteiger partial charge >= 0.3 is 0 Å². The maximum absolute atomic E-state index is 12.7. The van der Waals surface area contributed by atoms with E-state index in [0.717, 1.165) is 30.6 Å². The van der Waals surface area contributed by atoms with Crippen LogP contribution in [0.3, 0.4) is 0 Å². The molecule has 3 rings (SSSR count). The number of nitrogens with zero attached hydrogens (tertiary/aromatic N) is 1. The van der Waals surface area contributed by atoms with Gasteiger partial charge in [0.1, 0.15) is 0 Å². The van der Waals surface area contributed by atoms with Crippen LogP contribution in [0.15, 0.2) is 51.6 Å². The molecule has 0 radical (unpaired) electrons. The lowest BCUT2D eigenvalue weighted by molar-refractivity contribution is 0.423. The number of rotatable bonds is 6. The summed E-state index contributed by atoms with van der Waals surface area (Å²) in [5.74, 6) is 0. The first-order valence-corrected chi connectivity index (χ1v) is 12.3. The highest BCUT2D eigenvalue weighted by molar-refractivity contribution is 7.89. The molecule has 1 fully saturated rings. The van der Waals surface area contributed by atoms with E-state index in [0.29, 0.717) is 13.1 Å². The van der Waals surface area contributed by atoms with E-state index in [1.54, 1.807) is 0 Å². The van der Waals surface area contributed by atoms with E-state index < -0.39 is 20.0 Å². The maximum atomic E-state index is 12.7. The van der Waals surface area contributed by atoms with Crippen LogP contribution in [0.2, 0.25) is 0 Å². The Hall–Kier alpha value is -1.26. The third-order valence-electron chi connectivity index (χ3n) is 4.35. The number of hydrogen-bond acceptors (Lipinski definition) is 5. The van der Waals surface area contributed by atoms with Crippen molar-refractivity contribution in [2.24, 2.45) is 0 Å². The van der Waals surface area contributed by atoms with Crippen molar-refractivity contribution >= 4 is 31.4 Å². The zero-order valence-corrected chi connectivity index (χ0v) is 16.7. The van der Waals surface area contributed by atoms with Crippen LogP contribution >= 0.6 is 11.3 Å². The average molecular weight is 415 g/mol. The van der Waals surface area contributed by atoms with Crippen LogP contribution in [0.1, 0.15) is 30.6 Å². The Morgan fingerprint density at radius 3 is 2.08 bits per heavy atom. The van der Waals surface area contributed by atoms with Crippen molar-refractivity contribution in [2.45, 2.75) is 42.0 Å². The highest BCUT2D eigenvalue weighted by Gasteiger charge is 2.25. The molecule has 0 aliphatic carbocycles. The average Bonchev–Trinajstić information content (AvgIpc) is 3.00. The second kappa shape index (κ2) is 8.18. The minimum absolute atomic E-state index is 0.0591. The number of benzene rings is 1. The summed E-state index contributed by atoms with van der Waals surface area (Å²) in [5.41, 5.74) is 0. The van der Waals surface area contributed by atoms with E-state index in [2.05, 4.69) is 4.72 Å². The van der Waals surface area contributed by atoms with E-state index in [9.17, 15) is 16.8 Å². The molecule has 0 spiro atoms. The summed E-state index contributed by atoms with van der Waals surface area (Å²) in [7, 11) is -7.26. The summed E-state index contributed by atoms with van der Waals surface area (Å²) in [5, 5.41) is 1.88. The van der Waals surface area contributed by atoms with Crippen LogP contribution in [0.5, 0.6) is 0 Å². The zero-order chi connectivity index (χ0) is 18.6. The van der Waals surface area contributed by atoms with Gasteiger partial charge in [0.25, 0.3) is 0 Å². The Morgan fingerprint density at radius 1 is 0.885 bits per heavy atom. The normalized spacial score (nSPS) is 17.1. The molecule has 1 aromatic heterocycles. The summed E-state index contributed by atoms with van der Waals surface area (Å²) in [6.45, 7) is 1.25. The lowest BCUT2D eigenvalue weighted by atomic mass is 10.2. The van der Waals surface area contributed by atoms with Crippen molar-refractivity contribution in [1.29, 1.82) is 0 Å². The Balaban J connectivity index is 1.74. The molecular weight excluding hydrogens is 392 g/mol. The van der Waals surface area contributed by atoms with E-state index in [4.69, 9.17) is 0 Å². The quantitative estimate of drug-likeness (QED) is 0.788. The second-order valence-corrected chi connectivity index (χ2v) is 10.9. The topological polar surface area (TPSA) is 83.5 Å². The van der Waals surface area contributed by atoms with E-state index >= 15 is 0 Å². The Labute approximate surface area is 159 Å². The Morgan fingerprint density at radius 2 is 1.50 bits per heavy atom. The molecule has 9 heteroatoms. The largest absolute Gasteiger partial charge is 0.243 e. The van der Waals surface area contributed by atoms with Gasteiger partial charge in [0.2, 0.25) is 20.0 Å². The second-order valence-electron chi connectivity index (χ2n) is 6.19. The van der Waals surface area contributed by atoms with E-state index in [1.165, 1.54) is 39.9 Å². The molecule has 1 aromatic carbocycles. The highest BCUT2D eigenvalue weighted by atomic mass is 32.2. The molecule has 2 aromatic rings. The molecule has 1 aliphatic rings. The van der Waals surface area contributed by atoms with Gasteiger partial charge in [-0.05, 0) is 48.6 Å². The van der Waals surface area contributed by atoms with Crippen LogP contribution in [0.4, 0.5) is 0 Å². The molecule has 1 aliphatic heterocycles. The maximum Gasteiger partial charge on any atom is 0.243 e. The van der Waals surface area contributed by atoms with E-state index in [-0.39, 0.29) is 16.3 Å². The van der Waals surface area contributed by atoms with Crippen LogP contribution < -0.4 is 4.72 Å². The molecular formula is C17H22N2O4S3. The molecule has 0 atom stereocenters. The van der Waals surface area contributed by atoms with Crippen molar-refractivity contribution in [3.8, 4) is 0 Å². The number of thiophene rings is 1. The van der Waals surface area contributed by atoms with Gasteiger partial charge in [-0.15, -0.1) is 11.3 Å². The third-order valence-corrected chi connectivity index (χ3v) is 8.56. The molecule has 142 valence electrons. The predicted octanol–water partition coefficient (Wildman–Crippen LogP) is 2.79. The van der Waals surface area contributed by atoms with Crippen LogP contribution in [0.25, 0.3) is 0 Å². The lowest BCUT2D eigenvalue weighted by Gasteiger charge is -2.20. The first kappa shape index (κ1) is 19.5. The molecule has 0 amide bonds. The van der Waals surface area contributed by atoms with Gasteiger partial charge in [-0.25, -0.2) is 21.6 Å². The molecule has 0 saturated carbocycles. The number of nitrogens with one attached hydrogen (secondary N) is 1. The van der Waals surface area contributed by atoms with Gasteiger partial charge in [0.15, 0.2) is 0 Å². The summed E-state index contributed by atoms with van der Waals surface area (Å²) >= 11 is 1.47. The molecule has 2 heterocycles. The zero-order valence-electron chi connectivity index (χ0n) is 14.3. The van der Waals surface area contributed by atoms with E-state index in [1.807, 2.05) is 17.5 Å². The number of sulfonamides is 2. The first-order valence-electron chi connectivity index (χ1n) is 8.52. The SMILES string of the molecule is O=S(=O)(NCc1cccs1)c1ccc(S(=O)(=O)N2CCCCCC2)cc1. The fourth-order valence-corrected chi connectivity index (χ4v) is 6.14. The molecule has 0 bridgehead atoms. The molecule has 6 nitrogen and oxygen atoms in total. The van der Waals surface area contributed by atoms with Gasteiger partial charge in [0, 0.05) is 24.5 Å². The first-order chi connectivity index (χ1) is 12.4. The fraction of sp³-hybridized carbons (Fsp3) is 0.412. The van der Waals surface area contributed by atoms with Crippen molar-refractivity contribution in [3.63, 3.8) is 0 Å². The van der Waals surface area contributed by atoms with Gasteiger partial charge in [-0.1, -0.05) is 18.9 Å². The number of hydrogen-bond donors (Lipinski definition) is 1. The monoisotopic (exact) mass is 414 g/mol. The smallest absolute Gasteiger partial charge is 0.207 e. The molecule has 1 saturated heterocycles. The standard InChI is InChI=1S/C17H22N2O4S3/c20-25(21,18-14-15-6-5-13-24-15)16-7-9-17(10-8-16)26(22,23)19-11-3-1-2-4-12-19/h5-10,13,18H,1-4,11-12,14H2. The van der Waals surface area contributed by atoms with Gasteiger partial charge in [-0.3, -0.25) is 0 Å². The summed E-state index contributed by atoms with van der Waals surface area (Å²) in [4.78, 5) is 1.11. The van der Waals surface area contributed by atoms with Crippen LogP contribution in [0, 0.1) is 0 Å². The summed E-state index contributed by atoms with van der Waals surface area (Å²) in [6, 6.07) is 9.16. The van der Waals surface area contributed by atoms with Crippen molar-refractivity contribution in [2.75, 3.05) is 13.1 Å². The molecule has 0 unspecified atom stereocenters. The highest BCUT2D eigenvalue weighted by Crippen LogP contribution is 2.22. The van der Waals surface area contributed by atoms with Gasteiger partial charge in [-0.2, -0.15) is 4.31 Å². The van der Waals surface area contributed by atoms with Gasteiger partial charge < -0.3 is 0 Å². The third kappa shape index (κ3) is 4.52. The minimum atomic E-state index is -3.68. The Kier molecular flexibility index (Phi) is 6.13. The Bertz CT molecular complexity index is 913. The van der Waals surface area contributed by atoms with Crippen molar-refractivity contribution in [1.82, 2.24) is 9.03 Å². The van der Waals surface area contributed by atoms with Crippen LogP contribution in [-0.2, 0) is 26.6 Å². The van der Waals surface area contributed by atoms with Crippen LogP contribution in [-0.4, -0.2) is 34.2 Å². The lowest BCUT2D eigenvalue weighted by Crippen LogP contribution is -2.32. The molecule has 26 heavy (non-hydrogen) atoms. The molecule has 1 N–H and O–H groups in total. The van der Waals surface area contributed by atoms with Crippen molar-refractivity contribution < 1.29 is 16.8 Å². The van der Waals surface area contributed by atoms with Crippen molar-refractivity contribution in [3.05, 3.63) is 46.7 Å². The fourth-order valence-electron chi connectivity index (χ4n) is 2.88. The summed E-state index contributed by atoms with van der Waals surface area (Å²) in [6.07, 6.45) is 3.80. The van der Waals surface area contributed by atoms with Gasteiger partial charge in [0.05, 0.1) is 9.79 Å². The predicted molar refractivity (Wildman–Crippen MR) is 102 cm³/mol.